The van der Waals surface area contributed by atoms with E-state index in [2.05, 4.69) is 10.1 Å². The Morgan fingerprint density at radius 3 is 2.40 bits per heavy atom. The van der Waals surface area contributed by atoms with Crippen LogP contribution in [0, 0.1) is 12.8 Å². The van der Waals surface area contributed by atoms with E-state index in [1.165, 1.54) is 26.1 Å². The minimum absolute atomic E-state index is 0.0249. The van der Waals surface area contributed by atoms with Gasteiger partial charge in [-0.05, 0) is 76.5 Å². The number of fused-ring (bicyclic) bond motifs is 1. The lowest BCUT2D eigenvalue weighted by molar-refractivity contribution is -0.123. The van der Waals surface area contributed by atoms with Gasteiger partial charge < -0.3 is 14.9 Å². The molecule has 226 valence electrons. The second-order valence-corrected chi connectivity index (χ2v) is 14.4. The lowest BCUT2D eigenvalue weighted by atomic mass is 9.89. The van der Waals surface area contributed by atoms with Crippen LogP contribution in [0.3, 0.4) is 0 Å². The summed E-state index contributed by atoms with van der Waals surface area (Å²) in [5.74, 6) is -0.225. The van der Waals surface area contributed by atoms with Gasteiger partial charge in [0.25, 0.3) is 0 Å². The number of hydrogen-bond donors (Lipinski definition) is 2. The predicted molar refractivity (Wildman–Crippen MR) is 156 cm³/mol. The molecule has 5 rings (SSSR count). The Labute approximate surface area is 246 Å². The summed E-state index contributed by atoms with van der Waals surface area (Å²) in [5, 5.41) is 25.0. The number of aryl methyl sites for hydroxylation is 1. The summed E-state index contributed by atoms with van der Waals surface area (Å²) in [4.78, 5) is 31.2. The van der Waals surface area contributed by atoms with Crippen molar-refractivity contribution in [2.75, 3.05) is 13.2 Å². The van der Waals surface area contributed by atoms with Crippen LogP contribution in [-0.4, -0.2) is 69.0 Å². The molecule has 2 fully saturated rings. The van der Waals surface area contributed by atoms with Gasteiger partial charge in [-0.15, -0.1) is 0 Å². The van der Waals surface area contributed by atoms with Gasteiger partial charge in [0.05, 0.1) is 27.5 Å². The van der Waals surface area contributed by atoms with Crippen molar-refractivity contribution in [3.05, 3.63) is 53.5 Å². The highest BCUT2D eigenvalue weighted by molar-refractivity contribution is 7.92. The summed E-state index contributed by atoms with van der Waals surface area (Å²) in [7, 11) is -3.49. The normalized spacial score (nSPS) is 18.2. The van der Waals surface area contributed by atoms with Crippen LogP contribution in [0.1, 0.15) is 92.6 Å². The van der Waals surface area contributed by atoms with Crippen molar-refractivity contribution in [2.24, 2.45) is 5.92 Å². The molecular formula is C31H39N3O7S. The Bertz CT molecular complexity index is 1560. The van der Waals surface area contributed by atoms with Gasteiger partial charge in [0.1, 0.15) is 17.8 Å². The molecule has 2 N–H and O–H groups in total. The van der Waals surface area contributed by atoms with Gasteiger partial charge in [-0.3, -0.25) is 19.3 Å². The zero-order valence-corrected chi connectivity index (χ0v) is 25.1. The molecule has 3 aromatic rings. The van der Waals surface area contributed by atoms with Gasteiger partial charge in [0.2, 0.25) is 0 Å². The molecule has 1 saturated heterocycles. The minimum Gasteiger partial charge on any atom is -0.387 e. The SMILES string of the molecule is Cc1ccc2c(cnn2C(CC2CCOCC2)C(=O)CCC(=O)c2ccc(C(O)C(C)(C)O)cn2)c1S(=O)(=O)C1CC1. The number of carbonyl (C=O) groups excluding carboxylic acids is 2. The third-order valence-corrected chi connectivity index (χ3v) is 10.9. The number of aromatic nitrogens is 3. The monoisotopic (exact) mass is 597 g/mol. The van der Waals surface area contributed by atoms with Gasteiger partial charge in [0, 0.05) is 43.2 Å². The van der Waals surface area contributed by atoms with Crippen LogP contribution in [0.4, 0.5) is 0 Å². The van der Waals surface area contributed by atoms with Crippen LogP contribution in [0.5, 0.6) is 0 Å². The molecule has 42 heavy (non-hydrogen) atoms. The number of aliphatic hydroxyl groups excluding tert-OH is 1. The number of benzene rings is 1. The average Bonchev–Trinajstić information content (AvgIpc) is 3.75. The van der Waals surface area contributed by atoms with Crippen molar-refractivity contribution in [3.63, 3.8) is 0 Å². The molecule has 0 radical (unpaired) electrons. The summed E-state index contributed by atoms with van der Waals surface area (Å²) >= 11 is 0. The topological polar surface area (TPSA) is 149 Å². The molecule has 0 spiro atoms. The van der Waals surface area contributed by atoms with E-state index in [-0.39, 0.29) is 41.3 Å². The molecule has 0 amide bonds. The molecular weight excluding hydrogens is 558 g/mol. The van der Waals surface area contributed by atoms with Gasteiger partial charge in [0.15, 0.2) is 21.4 Å². The van der Waals surface area contributed by atoms with Gasteiger partial charge in [-0.2, -0.15) is 5.10 Å². The fraction of sp³-hybridized carbons (Fsp3) is 0.548. The van der Waals surface area contributed by atoms with Crippen molar-refractivity contribution in [2.45, 2.75) is 93.6 Å². The Morgan fingerprint density at radius 1 is 1.07 bits per heavy atom. The standard InChI is InChI=1S/C31H39N3O7S/c1-19-4-9-25-23(29(19)42(39,40)22-6-7-22)18-33-34(25)26(16-20-12-14-41-15-13-20)28(36)11-10-27(35)24-8-5-21(17-32-24)30(37)31(2,3)38/h4-5,8-9,17-18,20,22,26,30,37-38H,6-7,10-16H2,1-3H3. The maximum Gasteiger partial charge on any atom is 0.182 e. The first-order valence-corrected chi connectivity index (χ1v) is 16.1. The third kappa shape index (κ3) is 6.34. The molecule has 1 saturated carbocycles. The van der Waals surface area contributed by atoms with E-state index in [1.807, 2.05) is 6.07 Å². The molecule has 1 aliphatic heterocycles. The van der Waals surface area contributed by atoms with Crippen LogP contribution >= 0.6 is 0 Å². The van der Waals surface area contributed by atoms with E-state index in [1.54, 1.807) is 29.9 Å². The number of sulfone groups is 1. The summed E-state index contributed by atoms with van der Waals surface area (Å²) < 4.78 is 33.7. The second-order valence-electron chi connectivity index (χ2n) is 12.2. The van der Waals surface area contributed by atoms with E-state index < -0.39 is 27.6 Å². The first-order chi connectivity index (χ1) is 19.9. The molecule has 1 aromatic carbocycles. The number of carbonyl (C=O) groups is 2. The second kappa shape index (κ2) is 11.9. The molecule has 2 aromatic heterocycles. The van der Waals surface area contributed by atoms with Crippen LogP contribution < -0.4 is 0 Å². The van der Waals surface area contributed by atoms with E-state index in [0.717, 1.165) is 12.8 Å². The fourth-order valence-electron chi connectivity index (χ4n) is 5.71. The molecule has 2 unspecified atom stereocenters. The number of rotatable bonds is 12. The van der Waals surface area contributed by atoms with Crippen molar-refractivity contribution >= 4 is 32.3 Å². The van der Waals surface area contributed by atoms with Crippen LogP contribution in [0.15, 0.2) is 41.6 Å². The van der Waals surface area contributed by atoms with E-state index in [9.17, 15) is 28.2 Å². The zero-order valence-electron chi connectivity index (χ0n) is 24.3. The molecule has 2 atom stereocenters. The maximum absolute atomic E-state index is 13.8. The number of pyridine rings is 1. The Kier molecular flexibility index (Phi) is 8.67. The van der Waals surface area contributed by atoms with Crippen molar-refractivity contribution in [1.29, 1.82) is 0 Å². The van der Waals surface area contributed by atoms with Crippen molar-refractivity contribution in [3.8, 4) is 0 Å². The first kappa shape index (κ1) is 30.5. The predicted octanol–water partition coefficient (Wildman–Crippen LogP) is 4.07. The number of ketones is 2. The number of hydrogen-bond acceptors (Lipinski definition) is 9. The van der Waals surface area contributed by atoms with Crippen molar-refractivity contribution < 1.29 is 33.0 Å². The van der Waals surface area contributed by atoms with E-state index >= 15 is 0 Å². The van der Waals surface area contributed by atoms with Gasteiger partial charge in [-0.1, -0.05) is 12.1 Å². The molecule has 3 heterocycles. The Hall–Kier alpha value is -2.99. The lowest BCUT2D eigenvalue weighted by Gasteiger charge is -2.27. The van der Waals surface area contributed by atoms with Gasteiger partial charge in [-0.25, -0.2) is 8.42 Å². The largest absolute Gasteiger partial charge is 0.387 e. The molecule has 2 aliphatic rings. The summed E-state index contributed by atoms with van der Waals surface area (Å²) in [5.41, 5.74) is 0.456. The summed E-state index contributed by atoms with van der Waals surface area (Å²) in [6.45, 7) is 5.99. The fourth-order valence-corrected chi connectivity index (χ4v) is 7.78. The zero-order chi connectivity index (χ0) is 30.2. The lowest BCUT2D eigenvalue weighted by Crippen LogP contribution is -2.28. The summed E-state index contributed by atoms with van der Waals surface area (Å²) in [6, 6.07) is 5.98. The van der Waals surface area contributed by atoms with Crippen LogP contribution in [-0.2, 0) is 19.4 Å². The Morgan fingerprint density at radius 2 is 1.79 bits per heavy atom. The minimum atomic E-state index is -3.49. The summed E-state index contributed by atoms with van der Waals surface area (Å²) in [6.07, 6.45) is 5.14. The molecule has 10 nitrogen and oxygen atoms in total. The highest BCUT2D eigenvalue weighted by Crippen LogP contribution is 2.39. The molecule has 0 bridgehead atoms. The maximum atomic E-state index is 13.8. The number of aliphatic hydroxyl groups is 2. The molecule has 1 aliphatic carbocycles. The average molecular weight is 598 g/mol. The van der Waals surface area contributed by atoms with Gasteiger partial charge >= 0.3 is 0 Å². The number of ether oxygens (including phenoxy) is 1. The van der Waals surface area contributed by atoms with Crippen LogP contribution in [0.2, 0.25) is 0 Å². The van der Waals surface area contributed by atoms with Crippen LogP contribution in [0.25, 0.3) is 10.9 Å². The Balaban J connectivity index is 1.38. The number of nitrogens with zero attached hydrogens (tertiary/aromatic N) is 3. The highest BCUT2D eigenvalue weighted by Gasteiger charge is 2.39. The highest BCUT2D eigenvalue weighted by atomic mass is 32.2. The van der Waals surface area contributed by atoms with E-state index in [4.69, 9.17) is 4.74 Å². The van der Waals surface area contributed by atoms with E-state index in [0.29, 0.717) is 59.4 Å². The number of Topliss-reactive ketones (excluding diaryl/α,β-unsaturated/α-hetero) is 2. The first-order valence-electron chi connectivity index (χ1n) is 14.6. The quantitative estimate of drug-likeness (QED) is 0.295. The molecule has 11 heteroatoms. The smallest absolute Gasteiger partial charge is 0.182 e. The third-order valence-electron chi connectivity index (χ3n) is 8.40. The van der Waals surface area contributed by atoms with Crippen molar-refractivity contribution in [1.82, 2.24) is 14.8 Å².